The van der Waals surface area contributed by atoms with Crippen LogP contribution in [0.2, 0.25) is 0 Å². The molecule has 0 aliphatic carbocycles. The standard InChI is InChI=1S/C13H16N4S/c1-9-5-11(13(14)15)6-12(16-9)17(2)7-10-3-4-18-8-10/h3-6,8H,7H2,1-2H3,(H3,14,15). The lowest BCUT2D eigenvalue weighted by molar-refractivity contribution is 0.895. The van der Waals surface area contributed by atoms with E-state index in [-0.39, 0.29) is 5.84 Å². The summed E-state index contributed by atoms with van der Waals surface area (Å²) in [4.78, 5) is 6.53. The number of nitrogens with two attached hydrogens (primary N) is 1. The molecule has 3 N–H and O–H groups in total. The van der Waals surface area contributed by atoms with Crippen molar-refractivity contribution in [3.05, 3.63) is 45.8 Å². The number of hydrogen-bond acceptors (Lipinski definition) is 4. The molecule has 0 bridgehead atoms. The van der Waals surface area contributed by atoms with Gasteiger partial charge in [-0.25, -0.2) is 4.98 Å². The molecule has 2 aromatic rings. The fourth-order valence-corrected chi connectivity index (χ4v) is 2.40. The molecule has 2 rings (SSSR count). The minimum Gasteiger partial charge on any atom is -0.384 e. The molecule has 0 saturated carbocycles. The van der Waals surface area contributed by atoms with Crippen LogP contribution in [0.3, 0.4) is 0 Å². The summed E-state index contributed by atoms with van der Waals surface area (Å²) in [5.74, 6) is 0.914. The summed E-state index contributed by atoms with van der Waals surface area (Å²) in [7, 11) is 1.99. The maximum absolute atomic E-state index is 7.50. The Bertz CT molecular complexity index is 548. The number of rotatable bonds is 4. The zero-order valence-corrected chi connectivity index (χ0v) is 11.3. The van der Waals surface area contributed by atoms with E-state index >= 15 is 0 Å². The van der Waals surface area contributed by atoms with Crippen LogP contribution in [0.4, 0.5) is 5.82 Å². The summed E-state index contributed by atoms with van der Waals surface area (Å²) in [6.07, 6.45) is 0. The minimum atomic E-state index is 0.0747. The van der Waals surface area contributed by atoms with Crippen LogP contribution in [-0.2, 0) is 6.54 Å². The van der Waals surface area contributed by atoms with Gasteiger partial charge in [0.05, 0.1) is 0 Å². The van der Waals surface area contributed by atoms with Crippen LogP contribution in [0.15, 0.2) is 29.0 Å². The summed E-state index contributed by atoms with van der Waals surface area (Å²) in [5.41, 5.74) is 8.37. The maximum atomic E-state index is 7.50. The Morgan fingerprint density at radius 2 is 2.28 bits per heavy atom. The van der Waals surface area contributed by atoms with Crippen molar-refractivity contribution in [1.82, 2.24) is 4.98 Å². The van der Waals surface area contributed by atoms with Gasteiger partial charge in [-0.2, -0.15) is 11.3 Å². The summed E-state index contributed by atoms with van der Waals surface area (Å²) in [6, 6.07) is 5.77. The lowest BCUT2D eigenvalue weighted by atomic mass is 10.2. The molecule has 5 heteroatoms. The minimum absolute atomic E-state index is 0.0747. The van der Waals surface area contributed by atoms with Gasteiger partial charge in [-0.15, -0.1) is 0 Å². The van der Waals surface area contributed by atoms with Gasteiger partial charge in [0.2, 0.25) is 0 Å². The average Bonchev–Trinajstić information content (AvgIpc) is 2.80. The monoisotopic (exact) mass is 260 g/mol. The van der Waals surface area contributed by atoms with Gasteiger partial charge in [-0.1, -0.05) is 0 Å². The normalized spacial score (nSPS) is 10.3. The Kier molecular flexibility index (Phi) is 3.62. The quantitative estimate of drug-likeness (QED) is 0.655. The molecular weight excluding hydrogens is 244 g/mol. The van der Waals surface area contributed by atoms with Crippen molar-refractivity contribution in [2.24, 2.45) is 5.73 Å². The van der Waals surface area contributed by atoms with E-state index in [0.717, 1.165) is 23.6 Å². The van der Waals surface area contributed by atoms with E-state index < -0.39 is 0 Å². The Morgan fingerprint density at radius 1 is 1.50 bits per heavy atom. The number of aryl methyl sites for hydroxylation is 1. The Labute approximate surface area is 111 Å². The topological polar surface area (TPSA) is 66.0 Å². The van der Waals surface area contributed by atoms with Crippen LogP contribution in [0.5, 0.6) is 0 Å². The molecule has 94 valence electrons. The number of hydrogen-bond donors (Lipinski definition) is 2. The first-order valence-corrected chi connectivity index (χ1v) is 6.56. The largest absolute Gasteiger partial charge is 0.384 e. The molecule has 0 spiro atoms. The van der Waals surface area contributed by atoms with Crippen LogP contribution in [0.25, 0.3) is 0 Å². The SMILES string of the molecule is Cc1cc(C(=N)N)cc(N(C)Cc2ccsc2)n1. The van der Waals surface area contributed by atoms with Gasteiger partial charge in [-0.05, 0) is 41.4 Å². The van der Waals surface area contributed by atoms with E-state index in [1.165, 1.54) is 5.56 Å². The predicted molar refractivity (Wildman–Crippen MR) is 76.4 cm³/mol. The van der Waals surface area contributed by atoms with Crippen molar-refractivity contribution in [3.8, 4) is 0 Å². The summed E-state index contributed by atoms with van der Waals surface area (Å²) >= 11 is 1.69. The van der Waals surface area contributed by atoms with Gasteiger partial charge in [0, 0.05) is 24.8 Å². The van der Waals surface area contributed by atoms with E-state index in [9.17, 15) is 0 Å². The van der Waals surface area contributed by atoms with Crippen LogP contribution >= 0.6 is 11.3 Å². The molecule has 0 aromatic carbocycles. The van der Waals surface area contributed by atoms with Gasteiger partial charge >= 0.3 is 0 Å². The average molecular weight is 260 g/mol. The van der Waals surface area contributed by atoms with Gasteiger partial charge in [-0.3, -0.25) is 5.41 Å². The number of anilines is 1. The first-order chi connectivity index (χ1) is 8.56. The number of nitrogens with zero attached hydrogens (tertiary/aromatic N) is 2. The van der Waals surface area contributed by atoms with E-state index in [1.54, 1.807) is 11.3 Å². The third kappa shape index (κ3) is 2.87. The van der Waals surface area contributed by atoms with Crippen LogP contribution < -0.4 is 10.6 Å². The molecule has 0 aliphatic rings. The second kappa shape index (κ2) is 5.18. The number of amidine groups is 1. The van der Waals surface area contributed by atoms with Crippen LogP contribution in [-0.4, -0.2) is 17.9 Å². The first-order valence-electron chi connectivity index (χ1n) is 5.61. The third-order valence-corrected chi connectivity index (χ3v) is 3.37. The van der Waals surface area contributed by atoms with Crippen molar-refractivity contribution >= 4 is 23.0 Å². The molecule has 0 unspecified atom stereocenters. The molecule has 4 nitrogen and oxygen atoms in total. The van der Waals surface area contributed by atoms with Gasteiger partial charge in [0.15, 0.2) is 0 Å². The highest BCUT2D eigenvalue weighted by Crippen LogP contribution is 2.17. The van der Waals surface area contributed by atoms with E-state index in [1.807, 2.05) is 26.1 Å². The molecule has 2 aromatic heterocycles. The highest BCUT2D eigenvalue weighted by atomic mass is 32.1. The number of pyridine rings is 1. The lowest BCUT2D eigenvalue weighted by Gasteiger charge is -2.18. The lowest BCUT2D eigenvalue weighted by Crippen LogP contribution is -2.19. The third-order valence-electron chi connectivity index (χ3n) is 2.64. The van der Waals surface area contributed by atoms with Gasteiger partial charge < -0.3 is 10.6 Å². The smallest absolute Gasteiger partial charge is 0.129 e. The summed E-state index contributed by atoms with van der Waals surface area (Å²) < 4.78 is 0. The van der Waals surface area contributed by atoms with E-state index in [2.05, 4.69) is 26.7 Å². The van der Waals surface area contributed by atoms with Crippen molar-refractivity contribution in [1.29, 1.82) is 5.41 Å². The highest BCUT2D eigenvalue weighted by Gasteiger charge is 2.07. The maximum Gasteiger partial charge on any atom is 0.129 e. The highest BCUT2D eigenvalue weighted by molar-refractivity contribution is 7.07. The zero-order chi connectivity index (χ0) is 13.1. The van der Waals surface area contributed by atoms with Crippen molar-refractivity contribution in [3.63, 3.8) is 0 Å². The molecule has 0 fully saturated rings. The molecule has 18 heavy (non-hydrogen) atoms. The predicted octanol–water partition coefficient (Wildman–Crippen LogP) is 2.37. The molecule has 2 heterocycles. The first kappa shape index (κ1) is 12.6. The Morgan fingerprint density at radius 3 is 2.89 bits per heavy atom. The molecule has 0 amide bonds. The fourth-order valence-electron chi connectivity index (χ4n) is 1.74. The number of nitrogens with one attached hydrogen (secondary N) is 1. The second-order valence-corrected chi connectivity index (χ2v) is 5.04. The number of aromatic nitrogens is 1. The Balaban J connectivity index is 2.24. The molecule has 0 aliphatic heterocycles. The van der Waals surface area contributed by atoms with Crippen molar-refractivity contribution in [2.75, 3.05) is 11.9 Å². The van der Waals surface area contributed by atoms with Gasteiger partial charge in [0.1, 0.15) is 11.7 Å². The number of thiophene rings is 1. The second-order valence-electron chi connectivity index (χ2n) is 4.26. The molecule has 0 atom stereocenters. The molecule has 0 saturated heterocycles. The van der Waals surface area contributed by atoms with Gasteiger partial charge in [0.25, 0.3) is 0 Å². The van der Waals surface area contributed by atoms with Crippen molar-refractivity contribution < 1.29 is 0 Å². The van der Waals surface area contributed by atoms with E-state index in [4.69, 9.17) is 11.1 Å². The summed E-state index contributed by atoms with van der Waals surface area (Å²) in [6.45, 7) is 2.71. The number of nitrogen functional groups attached to an aromatic ring is 1. The van der Waals surface area contributed by atoms with E-state index in [0.29, 0.717) is 0 Å². The van der Waals surface area contributed by atoms with Crippen LogP contribution in [0, 0.1) is 12.3 Å². The van der Waals surface area contributed by atoms with Crippen LogP contribution in [0.1, 0.15) is 16.8 Å². The zero-order valence-electron chi connectivity index (χ0n) is 10.5. The van der Waals surface area contributed by atoms with Crippen molar-refractivity contribution in [2.45, 2.75) is 13.5 Å². The Hall–Kier alpha value is -1.88. The molecular formula is C13H16N4S. The summed E-state index contributed by atoms with van der Waals surface area (Å²) in [5, 5.41) is 11.7. The fraction of sp³-hybridized carbons (Fsp3) is 0.231. The molecule has 0 radical (unpaired) electrons.